The molecule has 0 aliphatic carbocycles. The van der Waals surface area contributed by atoms with E-state index in [1.165, 1.54) is 10.4 Å². The summed E-state index contributed by atoms with van der Waals surface area (Å²) in [4.78, 5) is 1.24. The van der Waals surface area contributed by atoms with E-state index in [1.807, 2.05) is 32.9 Å². The average molecular weight is 261 g/mol. The highest BCUT2D eigenvalue weighted by Gasteiger charge is 2.22. The number of aliphatic hydroxyl groups is 1. The van der Waals surface area contributed by atoms with Crippen LogP contribution in [-0.2, 0) is 0 Å². The monoisotopic (exact) mass is 261 g/mol. The Morgan fingerprint density at radius 1 is 1.17 bits per heavy atom. The van der Waals surface area contributed by atoms with E-state index < -0.39 is 5.60 Å². The van der Waals surface area contributed by atoms with Gasteiger partial charge in [-0.05, 0) is 38.3 Å². The van der Waals surface area contributed by atoms with Gasteiger partial charge in [0.1, 0.15) is 0 Å². The minimum absolute atomic E-state index is 0.0152. The normalized spacial score (nSPS) is 13.3. The summed E-state index contributed by atoms with van der Waals surface area (Å²) >= 11 is 1.72. The first-order chi connectivity index (χ1) is 8.48. The molecule has 1 aromatic heterocycles. The Hall–Kier alpha value is -1.32. The van der Waals surface area contributed by atoms with Crippen molar-refractivity contribution in [3.05, 3.63) is 41.8 Å². The fraction of sp³-hybridized carbons (Fsp3) is 0.333. The standard InChI is InChI=1S/C15H19NOS/c1-11(15(2,3)17)16-13-8-5-4-7-12(13)14-9-6-10-18-14/h4-11,16-17H,1-3H3. The third-order valence-electron chi connectivity index (χ3n) is 3.15. The lowest BCUT2D eigenvalue weighted by Crippen LogP contribution is -2.39. The van der Waals surface area contributed by atoms with Crippen LogP contribution in [0.1, 0.15) is 20.8 Å². The van der Waals surface area contributed by atoms with E-state index >= 15 is 0 Å². The first-order valence-electron chi connectivity index (χ1n) is 6.10. The van der Waals surface area contributed by atoms with Crippen LogP contribution in [-0.4, -0.2) is 16.7 Å². The number of para-hydroxylation sites is 1. The van der Waals surface area contributed by atoms with Gasteiger partial charge in [-0.25, -0.2) is 0 Å². The van der Waals surface area contributed by atoms with Crippen LogP contribution in [0.5, 0.6) is 0 Å². The van der Waals surface area contributed by atoms with Crippen molar-refractivity contribution in [3.8, 4) is 10.4 Å². The molecule has 0 fully saturated rings. The number of anilines is 1. The van der Waals surface area contributed by atoms with Crippen molar-refractivity contribution < 1.29 is 5.11 Å². The van der Waals surface area contributed by atoms with Crippen LogP contribution in [0.25, 0.3) is 10.4 Å². The van der Waals surface area contributed by atoms with Crippen LogP contribution in [0.4, 0.5) is 5.69 Å². The topological polar surface area (TPSA) is 32.3 Å². The SMILES string of the molecule is CC(Nc1ccccc1-c1cccs1)C(C)(C)O. The Kier molecular flexibility index (Phi) is 3.73. The van der Waals surface area contributed by atoms with Crippen LogP contribution in [0.15, 0.2) is 41.8 Å². The highest BCUT2D eigenvalue weighted by molar-refractivity contribution is 7.13. The zero-order valence-corrected chi connectivity index (χ0v) is 11.8. The number of benzene rings is 1. The zero-order valence-electron chi connectivity index (χ0n) is 11.0. The van der Waals surface area contributed by atoms with Crippen LogP contribution < -0.4 is 5.32 Å². The third kappa shape index (κ3) is 2.92. The largest absolute Gasteiger partial charge is 0.388 e. The molecule has 0 radical (unpaired) electrons. The maximum atomic E-state index is 10.0. The number of nitrogens with one attached hydrogen (secondary N) is 1. The second-order valence-corrected chi connectivity index (χ2v) is 5.99. The first-order valence-corrected chi connectivity index (χ1v) is 6.98. The molecule has 0 spiro atoms. The van der Waals surface area contributed by atoms with Crippen molar-refractivity contribution in [2.45, 2.75) is 32.4 Å². The summed E-state index contributed by atoms with van der Waals surface area (Å²) in [7, 11) is 0. The van der Waals surface area contributed by atoms with E-state index in [9.17, 15) is 5.11 Å². The molecule has 0 amide bonds. The molecule has 18 heavy (non-hydrogen) atoms. The van der Waals surface area contributed by atoms with Gasteiger partial charge >= 0.3 is 0 Å². The Balaban J connectivity index is 2.29. The molecule has 96 valence electrons. The van der Waals surface area contributed by atoms with Crippen molar-refractivity contribution in [3.63, 3.8) is 0 Å². The van der Waals surface area contributed by atoms with E-state index in [-0.39, 0.29) is 6.04 Å². The van der Waals surface area contributed by atoms with Crippen molar-refractivity contribution >= 4 is 17.0 Å². The molecule has 2 nitrogen and oxygen atoms in total. The number of hydrogen-bond donors (Lipinski definition) is 2. The van der Waals surface area contributed by atoms with Crippen molar-refractivity contribution in [2.75, 3.05) is 5.32 Å². The van der Waals surface area contributed by atoms with Gasteiger partial charge in [0.2, 0.25) is 0 Å². The minimum Gasteiger partial charge on any atom is -0.388 e. The lowest BCUT2D eigenvalue weighted by molar-refractivity contribution is 0.0649. The van der Waals surface area contributed by atoms with E-state index in [1.54, 1.807) is 11.3 Å². The molecule has 0 saturated carbocycles. The maximum absolute atomic E-state index is 10.0. The number of thiophene rings is 1. The molecule has 0 bridgehead atoms. The summed E-state index contributed by atoms with van der Waals surface area (Å²) in [5, 5.41) is 15.5. The Morgan fingerprint density at radius 2 is 1.89 bits per heavy atom. The van der Waals surface area contributed by atoms with E-state index in [0.717, 1.165) is 5.69 Å². The first kappa shape index (κ1) is 13.1. The van der Waals surface area contributed by atoms with E-state index in [0.29, 0.717) is 0 Å². The van der Waals surface area contributed by atoms with Gasteiger partial charge in [0.25, 0.3) is 0 Å². The molecule has 2 N–H and O–H groups in total. The number of rotatable bonds is 4. The minimum atomic E-state index is -0.747. The van der Waals surface area contributed by atoms with Gasteiger partial charge in [-0.15, -0.1) is 11.3 Å². The second-order valence-electron chi connectivity index (χ2n) is 5.04. The quantitative estimate of drug-likeness (QED) is 0.872. The molecular weight excluding hydrogens is 242 g/mol. The number of hydrogen-bond acceptors (Lipinski definition) is 3. The predicted octanol–water partition coefficient (Wildman–Crippen LogP) is 3.99. The highest BCUT2D eigenvalue weighted by atomic mass is 32.1. The molecule has 2 rings (SSSR count). The fourth-order valence-electron chi connectivity index (χ4n) is 1.67. The molecule has 1 aromatic carbocycles. The van der Waals surface area contributed by atoms with Gasteiger partial charge in [-0.2, -0.15) is 0 Å². The molecule has 1 atom stereocenters. The van der Waals surface area contributed by atoms with Crippen molar-refractivity contribution in [1.29, 1.82) is 0 Å². The molecule has 0 saturated heterocycles. The maximum Gasteiger partial charge on any atom is 0.0789 e. The van der Waals surface area contributed by atoms with Crippen molar-refractivity contribution in [2.24, 2.45) is 0 Å². The molecule has 0 aliphatic heterocycles. The lowest BCUT2D eigenvalue weighted by atomic mass is 10.00. The smallest absolute Gasteiger partial charge is 0.0789 e. The van der Waals surface area contributed by atoms with Crippen LogP contribution in [0.3, 0.4) is 0 Å². The van der Waals surface area contributed by atoms with Gasteiger partial charge < -0.3 is 10.4 Å². The van der Waals surface area contributed by atoms with Crippen LogP contribution >= 0.6 is 11.3 Å². The van der Waals surface area contributed by atoms with E-state index in [2.05, 4.69) is 35.0 Å². The summed E-state index contributed by atoms with van der Waals surface area (Å²) < 4.78 is 0. The fourth-order valence-corrected chi connectivity index (χ4v) is 2.43. The Morgan fingerprint density at radius 3 is 2.50 bits per heavy atom. The molecule has 3 heteroatoms. The summed E-state index contributed by atoms with van der Waals surface area (Å²) in [6, 6.07) is 12.4. The van der Waals surface area contributed by atoms with E-state index in [4.69, 9.17) is 0 Å². The summed E-state index contributed by atoms with van der Waals surface area (Å²) in [6.07, 6.45) is 0. The van der Waals surface area contributed by atoms with Crippen LogP contribution in [0, 0.1) is 0 Å². The summed E-state index contributed by atoms with van der Waals surface area (Å²) in [5.74, 6) is 0. The van der Waals surface area contributed by atoms with Crippen LogP contribution in [0.2, 0.25) is 0 Å². The molecule has 0 aliphatic rings. The average Bonchev–Trinajstić information content (AvgIpc) is 2.82. The van der Waals surface area contributed by atoms with Gasteiger partial charge in [0.15, 0.2) is 0 Å². The van der Waals surface area contributed by atoms with Gasteiger partial charge in [0.05, 0.1) is 11.6 Å². The zero-order chi connectivity index (χ0) is 13.2. The Labute approximate surface area is 112 Å². The van der Waals surface area contributed by atoms with Gasteiger partial charge in [0, 0.05) is 16.1 Å². The van der Waals surface area contributed by atoms with Crippen molar-refractivity contribution in [1.82, 2.24) is 0 Å². The van der Waals surface area contributed by atoms with Gasteiger partial charge in [-0.1, -0.05) is 24.3 Å². The molecular formula is C15H19NOS. The molecule has 2 aromatic rings. The molecule has 1 heterocycles. The third-order valence-corrected chi connectivity index (χ3v) is 4.05. The highest BCUT2D eigenvalue weighted by Crippen LogP contribution is 2.32. The lowest BCUT2D eigenvalue weighted by Gasteiger charge is -2.28. The summed E-state index contributed by atoms with van der Waals surface area (Å²) in [6.45, 7) is 5.63. The second kappa shape index (κ2) is 5.12. The predicted molar refractivity (Wildman–Crippen MR) is 79.1 cm³/mol. The molecule has 1 unspecified atom stereocenters. The summed E-state index contributed by atoms with van der Waals surface area (Å²) in [5.41, 5.74) is 1.50. The Bertz CT molecular complexity index is 499. The van der Waals surface area contributed by atoms with Gasteiger partial charge in [-0.3, -0.25) is 0 Å².